The van der Waals surface area contributed by atoms with E-state index >= 15 is 0 Å². The van der Waals surface area contributed by atoms with Crippen molar-refractivity contribution in [1.82, 2.24) is 10.3 Å². The van der Waals surface area contributed by atoms with Gasteiger partial charge >= 0.3 is 0 Å². The van der Waals surface area contributed by atoms with Crippen molar-refractivity contribution in [3.8, 4) is 0 Å². The quantitative estimate of drug-likeness (QED) is 0.809. The van der Waals surface area contributed by atoms with Crippen LogP contribution in [0.4, 0.5) is 5.69 Å². The first-order valence-corrected chi connectivity index (χ1v) is 5.69. The summed E-state index contributed by atoms with van der Waals surface area (Å²) in [5, 5.41) is 3.39. The zero-order chi connectivity index (χ0) is 10.7. The topological polar surface area (TPSA) is 28.2 Å². The minimum atomic E-state index is 0.636. The third kappa shape index (κ3) is 2.29. The van der Waals surface area contributed by atoms with Crippen LogP contribution >= 0.6 is 0 Å². The molecular formula is C12H19N3. The predicted octanol–water partition coefficient (Wildman–Crippen LogP) is 1.44. The van der Waals surface area contributed by atoms with Gasteiger partial charge in [0.15, 0.2) is 0 Å². The molecule has 2 rings (SSSR count). The fraction of sp³-hybridized carbons (Fsp3) is 0.583. The highest BCUT2D eigenvalue weighted by Gasteiger charge is 2.19. The molecule has 0 aromatic carbocycles. The second kappa shape index (κ2) is 4.62. The van der Waals surface area contributed by atoms with Gasteiger partial charge in [0, 0.05) is 37.2 Å². The van der Waals surface area contributed by atoms with Crippen LogP contribution < -0.4 is 10.2 Å². The van der Waals surface area contributed by atoms with Crippen LogP contribution in [0.3, 0.4) is 0 Å². The number of likely N-dealkylation sites (N-methyl/N-ethyl adjacent to an activating group) is 1. The van der Waals surface area contributed by atoms with Gasteiger partial charge in [-0.2, -0.15) is 0 Å². The molecule has 1 aliphatic rings. The Morgan fingerprint density at radius 3 is 3.13 bits per heavy atom. The maximum Gasteiger partial charge on any atom is 0.0423 e. The molecule has 1 fully saturated rings. The average Bonchev–Trinajstić information content (AvgIpc) is 2.81. The van der Waals surface area contributed by atoms with Gasteiger partial charge in [-0.3, -0.25) is 4.98 Å². The zero-order valence-corrected chi connectivity index (χ0v) is 9.53. The van der Waals surface area contributed by atoms with Crippen LogP contribution in [0.2, 0.25) is 0 Å². The molecule has 1 aliphatic heterocycles. The fourth-order valence-electron chi connectivity index (χ4n) is 2.06. The van der Waals surface area contributed by atoms with Crippen molar-refractivity contribution in [2.24, 2.45) is 0 Å². The van der Waals surface area contributed by atoms with Crippen molar-refractivity contribution in [1.29, 1.82) is 0 Å². The minimum absolute atomic E-state index is 0.636. The fourth-order valence-corrected chi connectivity index (χ4v) is 2.06. The zero-order valence-electron chi connectivity index (χ0n) is 9.53. The second-order valence-electron chi connectivity index (χ2n) is 4.12. The third-order valence-electron chi connectivity index (χ3n) is 3.15. The van der Waals surface area contributed by atoms with Crippen LogP contribution in [0.15, 0.2) is 18.3 Å². The maximum atomic E-state index is 4.32. The summed E-state index contributed by atoms with van der Waals surface area (Å²) >= 11 is 0. The monoisotopic (exact) mass is 205 g/mol. The highest BCUT2D eigenvalue weighted by atomic mass is 15.2. The third-order valence-corrected chi connectivity index (χ3v) is 3.15. The van der Waals surface area contributed by atoms with Gasteiger partial charge in [-0.05, 0) is 31.5 Å². The van der Waals surface area contributed by atoms with Gasteiger partial charge in [0.25, 0.3) is 0 Å². The van der Waals surface area contributed by atoms with Crippen molar-refractivity contribution >= 4 is 5.69 Å². The number of anilines is 1. The molecule has 1 aromatic rings. The number of hydrogen-bond donors (Lipinski definition) is 1. The van der Waals surface area contributed by atoms with Crippen molar-refractivity contribution in [2.45, 2.75) is 25.8 Å². The van der Waals surface area contributed by atoms with E-state index in [-0.39, 0.29) is 0 Å². The maximum absolute atomic E-state index is 4.32. The van der Waals surface area contributed by atoms with Gasteiger partial charge in [0.2, 0.25) is 0 Å². The Hall–Kier alpha value is -1.09. The predicted molar refractivity (Wildman–Crippen MR) is 63.3 cm³/mol. The van der Waals surface area contributed by atoms with Gasteiger partial charge in [-0.25, -0.2) is 0 Å². The van der Waals surface area contributed by atoms with Gasteiger partial charge < -0.3 is 10.2 Å². The molecule has 1 N–H and O–H groups in total. The Labute approximate surface area is 91.5 Å². The van der Waals surface area contributed by atoms with Gasteiger partial charge in [0.1, 0.15) is 0 Å². The van der Waals surface area contributed by atoms with Crippen LogP contribution in [0.1, 0.15) is 19.0 Å². The molecule has 1 atom stereocenters. The van der Waals surface area contributed by atoms with E-state index in [1.54, 1.807) is 0 Å². The molecule has 82 valence electrons. The Morgan fingerprint density at radius 1 is 1.60 bits per heavy atom. The lowest BCUT2D eigenvalue weighted by Crippen LogP contribution is -2.33. The number of nitrogens with one attached hydrogen (secondary N) is 1. The van der Waals surface area contributed by atoms with E-state index < -0.39 is 0 Å². The van der Waals surface area contributed by atoms with Crippen LogP contribution in [-0.2, 0) is 6.42 Å². The SMILES string of the molecule is CCc1cc(N(C)C2CCNC2)ccn1. The van der Waals surface area contributed by atoms with Crippen molar-refractivity contribution < 1.29 is 0 Å². The first kappa shape index (κ1) is 10.4. The molecule has 1 saturated heterocycles. The molecule has 0 saturated carbocycles. The number of pyridine rings is 1. The normalized spacial score (nSPS) is 20.5. The molecule has 0 spiro atoms. The van der Waals surface area contributed by atoms with Crippen LogP contribution in [-0.4, -0.2) is 31.2 Å². The molecule has 15 heavy (non-hydrogen) atoms. The van der Waals surface area contributed by atoms with Gasteiger partial charge in [-0.1, -0.05) is 6.92 Å². The smallest absolute Gasteiger partial charge is 0.0423 e. The van der Waals surface area contributed by atoms with E-state index in [4.69, 9.17) is 0 Å². The van der Waals surface area contributed by atoms with Crippen molar-refractivity contribution in [2.75, 3.05) is 25.0 Å². The lowest BCUT2D eigenvalue weighted by atomic mass is 10.2. The molecule has 2 heterocycles. The summed E-state index contributed by atoms with van der Waals surface area (Å²) in [6.45, 7) is 4.38. The van der Waals surface area contributed by atoms with Crippen LogP contribution in [0, 0.1) is 0 Å². The molecule has 3 heteroatoms. The van der Waals surface area contributed by atoms with Crippen LogP contribution in [0.25, 0.3) is 0 Å². The largest absolute Gasteiger partial charge is 0.370 e. The Morgan fingerprint density at radius 2 is 2.47 bits per heavy atom. The number of hydrogen-bond acceptors (Lipinski definition) is 3. The van der Waals surface area contributed by atoms with E-state index in [2.05, 4.69) is 41.3 Å². The summed E-state index contributed by atoms with van der Waals surface area (Å²) in [6, 6.07) is 4.92. The first-order valence-electron chi connectivity index (χ1n) is 5.69. The molecule has 3 nitrogen and oxygen atoms in total. The summed E-state index contributed by atoms with van der Waals surface area (Å²) < 4.78 is 0. The number of aryl methyl sites for hydroxylation is 1. The Kier molecular flexibility index (Phi) is 3.21. The van der Waals surface area contributed by atoms with Gasteiger partial charge in [0.05, 0.1) is 0 Å². The highest BCUT2D eigenvalue weighted by molar-refractivity contribution is 5.47. The Balaban J connectivity index is 2.13. The summed E-state index contributed by atoms with van der Waals surface area (Å²) in [5.74, 6) is 0. The molecule has 1 unspecified atom stereocenters. The summed E-state index contributed by atoms with van der Waals surface area (Å²) in [6.07, 6.45) is 4.15. The molecule has 0 aliphatic carbocycles. The van der Waals surface area contributed by atoms with E-state index in [0.29, 0.717) is 6.04 Å². The first-order chi connectivity index (χ1) is 7.31. The summed E-state index contributed by atoms with van der Waals surface area (Å²) in [5.41, 5.74) is 2.46. The van der Waals surface area contributed by atoms with Crippen molar-refractivity contribution in [3.05, 3.63) is 24.0 Å². The number of aromatic nitrogens is 1. The lowest BCUT2D eigenvalue weighted by molar-refractivity contribution is 0.684. The standard InChI is InChI=1S/C12H19N3/c1-3-10-8-11(5-7-14-10)15(2)12-4-6-13-9-12/h5,7-8,12-13H,3-4,6,9H2,1-2H3. The summed E-state index contributed by atoms with van der Waals surface area (Å²) in [7, 11) is 2.17. The number of rotatable bonds is 3. The highest BCUT2D eigenvalue weighted by Crippen LogP contribution is 2.18. The summed E-state index contributed by atoms with van der Waals surface area (Å²) in [4.78, 5) is 6.69. The molecule has 0 radical (unpaired) electrons. The Bertz CT molecular complexity index is 318. The van der Waals surface area contributed by atoms with E-state index in [1.807, 2.05) is 6.20 Å². The molecular weight excluding hydrogens is 186 g/mol. The van der Waals surface area contributed by atoms with E-state index in [9.17, 15) is 0 Å². The lowest BCUT2D eigenvalue weighted by Gasteiger charge is -2.26. The molecule has 1 aromatic heterocycles. The van der Waals surface area contributed by atoms with E-state index in [0.717, 1.165) is 19.5 Å². The second-order valence-corrected chi connectivity index (χ2v) is 4.12. The average molecular weight is 205 g/mol. The van der Waals surface area contributed by atoms with Crippen LogP contribution in [0.5, 0.6) is 0 Å². The van der Waals surface area contributed by atoms with E-state index in [1.165, 1.54) is 17.8 Å². The molecule has 0 bridgehead atoms. The van der Waals surface area contributed by atoms with Gasteiger partial charge in [-0.15, -0.1) is 0 Å². The minimum Gasteiger partial charge on any atom is -0.370 e. The molecule has 0 amide bonds. The number of nitrogens with zero attached hydrogens (tertiary/aromatic N) is 2. The van der Waals surface area contributed by atoms with Crippen molar-refractivity contribution in [3.63, 3.8) is 0 Å².